The molecular formula is C22H20N2O4S2. The molecule has 2 heterocycles. The van der Waals surface area contributed by atoms with Crippen LogP contribution in [0.2, 0.25) is 0 Å². The SMILES string of the molecule is COc1ccc(-n2c(SCC(=O)c3ccccc3)nc3c(c2=O)SCC3)cc1OC. The van der Waals surface area contributed by atoms with Gasteiger partial charge in [0.15, 0.2) is 22.4 Å². The van der Waals surface area contributed by atoms with Crippen LogP contribution in [0, 0.1) is 0 Å². The smallest absolute Gasteiger partial charge is 0.272 e. The largest absolute Gasteiger partial charge is 0.493 e. The summed E-state index contributed by atoms with van der Waals surface area (Å²) >= 11 is 2.79. The Labute approximate surface area is 182 Å². The summed E-state index contributed by atoms with van der Waals surface area (Å²) in [5.74, 6) is 2.11. The summed E-state index contributed by atoms with van der Waals surface area (Å²) in [6.07, 6.45) is 0.752. The Balaban J connectivity index is 1.74. The van der Waals surface area contributed by atoms with Gasteiger partial charge < -0.3 is 9.47 Å². The third kappa shape index (κ3) is 3.97. The molecule has 0 spiro atoms. The maximum Gasteiger partial charge on any atom is 0.272 e. The first kappa shape index (κ1) is 20.6. The van der Waals surface area contributed by atoms with Crippen LogP contribution in [0.15, 0.2) is 63.4 Å². The monoisotopic (exact) mass is 440 g/mol. The molecule has 0 fully saturated rings. The van der Waals surface area contributed by atoms with E-state index in [9.17, 15) is 9.59 Å². The van der Waals surface area contributed by atoms with Gasteiger partial charge in [0.25, 0.3) is 5.56 Å². The van der Waals surface area contributed by atoms with Gasteiger partial charge in [0.2, 0.25) is 0 Å². The summed E-state index contributed by atoms with van der Waals surface area (Å²) in [4.78, 5) is 31.3. The average molecular weight is 441 g/mol. The number of thioether (sulfide) groups is 2. The minimum absolute atomic E-state index is 0.0106. The molecule has 1 aliphatic rings. The van der Waals surface area contributed by atoms with Crippen molar-refractivity contribution in [2.45, 2.75) is 16.5 Å². The second-order valence-electron chi connectivity index (χ2n) is 6.53. The number of carbonyl (C=O) groups is 1. The summed E-state index contributed by atoms with van der Waals surface area (Å²) in [7, 11) is 3.11. The molecule has 6 nitrogen and oxygen atoms in total. The number of Topliss-reactive ketones (excluding diaryl/α,β-unsaturated/α-hetero) is 1. The van der Waals surface area contributed by atoms with Crippen molar-refractivity contribution in [2.75, 3.05) is 25.7 Å². The molecule has 0 N–H and O–H groups in total. The van der Waals surface area contributed by atoms with E-state index in [1.54, 1.807) is 49.1 Å². The van der Waals surface area contributed by atoms with E-state index >= 15 is 0 Å². The van der Waals surface area contributed by atoms with Crippen molar-refractivity contribution in [2.24, 2.45) is 0 Å². The molecule has 154 valence electrons. The quantitative estimate of drug-likeness (QED) is 0.314. The molecule has 0 aliphatic carbocycles. The van der Waals surface area contributed by atoms with Crippen LogP contribution in [0.25, 0.3) is 5.69 Å². The summed E-state index contributed by atoms with van der Waals surface area (Å²) in [6, 6.07) is 14.4. The number of ether oxygens (including phenoxy) is 2. The van der Waals surface area contributed by atoms with Crippen LogP contribution in [0.5, 0.6) is 11.5 Å². The molecule has 0 atom stereocenters. The van der Waals surface area contributed by atoms with Gasteiger partial charge in [0.05, 0.1) is 36.2 Å². The molecule has 3 aromatic rings. The van der Waals surface area contributed by atoms with Crippen LogP contribution in [-0.2, 0) is 6.42 Å². The number of carbonyl (C=O) groups excluding carboxylic acids is 1. The van der Waals surface area contributed by atoms with Crippen molar-refractivity contribution in [1.82, 2.24) is 9.55 Å². The molecule has 1 aliphatic heterocycles. The number of hydrogen-bond donors (Lipinski definition) is 0. The molecule has 0 saturated heterocycles. The van der Waals surface area contributed by atoms with Gasteiger partial charge in [-0.25, -0.2) is 4.98 Å². The number of hydrogen-bond acceptors (Lipinski definition) is 7. The normalized spacial score (nSPS) is 12.5. The molecule has 0 unspecified atom stereocenters. The van der Waals surface area contributed by atoms with Crippen LogP contribution >= 0.6 is 23.5 Å². The standard InChI is InChI=1S/C22H20N2O4S2/c1-27-18-9-8-15(12-19(18)28-2)24-21(26)20-16(10-11-29-20)23-22(24)30-13-17(25)14-6-4-3-5-7-14/h3-9,12H,10-11,13H2,1-2H3. The molecule has 1 aromatic heterocycles. The number of aromatic nitrogens is 2. The third-order valence-electron chi connectivity index (χ3n) is 4.72. The van der Waals surface area contributed by atoms with E-state index in [0.717, 1.165) is 17.9 Å². The third-order valence-corrected chi connectivity index (χ3v) is 6.77. The molecule has 4 rings (SSSR count). The Morgan fingerprint density at radius 1 is 1.13 bits per heavy atom. The Hall–Kier alpha value is -2.71. The van der Waals surface area contributed by atoms with E-state index in [1.807, 2.05) is 18.2 Å². The summed E-state index contributed by atoms with van der Waals surface area (Å²) in [6.45, 7) is 0. The van der Waals surface area contributed by atoms with Crippen LogP contribution in [0.1, 0.15) is 16.1 Å². The van der Waals surface area contributed by atoms with Crippen LogP contribution < -0.4 is 15.0 Å². The molecule has 0 radical (unpaired) electrons. The Kier molecular flexibility index (Phi) is 6.15. The highest BCUT2D eigenvalue weighted by Gasteiger charge is 2.23. The molecule has 8 heteroatoms. The number of benzene rings is 2. The fourth-order valence-corrected chi connectivity index (χ4v) is 5.17. The zero-order valence-corrected chi connectivity index (χ0v) is 18.2. The van der Waals surface area contributed by atoms with Crippen LogP contribution in [-0.4, -0.2) is 41.1 Å². The van der Waals surface area contributed by atoms with Crippen LogP contribution in [0.3, 0.4) is 0 Å². The number of nitrogens with zero attached hydrogens (tertiary/aromatic N) is 2. The maximum absolute atomic E-state index is 13.3. The lowest BCUT2D eigenvalue weighted by atomic mass is 10.2. The van der Waals surface area contributed by atoms with Crippen molar-refractivity contribution in [1.29, 1.82) is 0 Å². The van der Waals surface area contributed by atoms with Gasteiger partial charge in [-0.05, 0) is 12.1 Å². The predicted molar refractivity (Wildman–Crippen MR) is 119 cm³/mol. The number of ketones is 1. The zero-order valence-electron chi connectivity index (χ0n) is 16.6. The number of fused-ring (bicyclic) bond motifs is 1. The van der Waals surface area contributed by atoms with Gasteiger partial charge in [-0.15, -0.1) is 11.8 Å². The zero-order chi connectivity index (χ0) is 21.1. The van der Waals surface area contributed by atoms with Crippen molar-refractivity contribution in [3.63, 3.8) is 0 Å². The van der Waals surface area contributed by atoms with E-state index < -0.39 is 0 Å². The summed E-state index contributed by atoms with van der Waals surface area (Å²) in [5.41, 5.74) is 1.94. The predicted octanol–water partition coefficient (Wildman–Crippen LogP) is 3.87. The fourth-order valence-electron chi connectivity index (χ4n) is 3.22. The minimum atomic E-state index is -0.121. The van der Waals surface area contributed by atoms with Gasteiger partial charge in [-0.1, -0.05) is 42.1 Å². The number of aryl methyl sites for hydroxylation is 1. The first-order valence-electron chi connectivity index (χ1n) is 9.34. The number of rotatable bonds is 7. The van der Waals surface area contributed by atoms with Crippen molar-refractivity contribution in [3.05, 3.63) is 70.1 Å². The van der Waals surface area contributed by atoms with Gasteiger partial charge >= 0.3 is 0 Å². The van der Waals surface area contributed by atoms with Gasteiger partial charge in [-0.2, -0.15) is 0 Å². The highest BCUT2D eigenvalue weighted by atomic mass is 32.2. The molecule has 0 amide bonds. The first-order valence-corrected chi connectivity index (χ1v) is 11.3. The lowest BCUT2D eigenvalue weighted by Crippen LogP contribution is -2.24. The second kappa shape index (κ2) is 8.97. The fraction of sp³-hybridized carbons (Fsp3) is 0.227. The second-order valence-corrected chi connectivity index (χ2v) is 8.57. The van der Waals surface area contributed by atoms with E-state index in [-0.39, 0.29) is 17.1 Å². The molecule has 0 bridgehead atoms. The van der Waals surface area contributed by atoms with Gasteiger partial charge in [0, 0.05) is 23.8 Å². The molecule has 2 aromatic carbocycles. The van der Waals surface area contributed by atoms with Crippen molar-refractivity contribution in [3.8, 4) is 17.2 Å². The highest BCUT2D eigenvalue weighted by molar-refractivity contribution is 8.00. The Bertz CT molecular complexity index is 1150. The molecule has 30 heavy (non-hydrogen) atoms. The first-order chi connectivity index (χ1) is 14.6. The molecular weight excluding hydrogens is 420 g/mol. The van der Waals surface area contributed by atoms with E-state index in [4.69, 9.17) is 14.5 Å². The lowest BCUT2D eigenvalue weighted by molar-refractivity contribution is 0.102. The van der Waals surface area contributed by atoms with E-state index in [1.165, 1.54) is 23.5 Å². The highest BCUT2D eigenvalue weighted by Crippen LogP contribution is 2.33. The Morgan fingerprint density at radius 2 is 1.90 bits per heavy atom. The van der Waals surface area contributed by atoms with E-state index in [2.05, 4.69) is 0 Å². The number of methoxy groups -OCH3 is 2. The van der Waals surface area contributed by atoms with Gasteiger partial charge in [-0.3, -0.25) is 14.2 Å². The van der Waals surface area contributed by atoms with Crippen molar-refractivity contribution >= 4 is 29.3 Å². The minimum Gasteiger partial charge on any atom is -0.493 e. The Morgan fingerprint density at radius 3 is 2.63 bits per heavy atom. The van der Waals surface area contributed by atoms with E-state index in [0.29, 0.717) is 32.8 Å². The van der Waals surface area contributed by atoms with Gasteiger partial charge in [0.1, 0.15) is 0 Å². The average Bonchev–Trinajstić information content (AvgIpc) is 3.26. The summed E-state index contributed by atoms with van der Waals surface area (Å²) < 4.78 is 12.3. The summed E-state index contributed by atoms with van der Waals surface area (Å²) in [5, 5.41) is 0.498. The topological polar surface area (TPSA) is 70.4 Å². The molecule has 0 saturated carbocycles. The van der Waals surface area contributed by atoms with Crippen molar-refractivity contribution < 1.29 is 14.3 Å². The maximum atomic E-state index is 13.3. The van der Waals surface area contributed by atoms with Crippen LogP contribution in [0.4, 0.5) is 0 Å². The lowest BCUT2D eigenvalue weighted by Gasteiger charge is -2.15.